The third-order valence-electron chi connectivity index (χ3n) is 2.06. The lowest BCUT2D eigenvalue weighted by atomic mass is 10.2. The first-order valence-corrected chi connectivity index (χ1v) is 5.13. The van der Waals surface area contributed by atoms with E-state index in [1.54, 1.807) is 0 Å². The molecule has 0 unspecified atom stereocenters. The van der Waals surface area contributed by atoms with Crippen molar-refractivity contribution in [3.05, 3.63) is 24.3 Å². The number of nitrogen functional groups attached to an aromatic ring is 1. The van der Waals surface area contributed by atoms with Crippen molar-refractivity contribution in [3.63, 3.8) is 0 Å². The molecule has 0 bridgehead atoms. The fraction of sp³-hybridized carbons (Fsp3) is 0.455. The van der Waals surface area contributed by atoms with Gasteiger partial charge in [0.05, 0.1) is 13.2 Å². The number of anilines is 1. The van der Waals surface area contributed by atoms with Gasteiger partial charge in [0, 0.05) is 5.69 Å². The van der Waals surface area contributed by atoms with Crippen molar-refractivity contribution in [1.29, 1.82) is 0 Å². The monoisotopic (exact) mass is 210 g/mol. The normalized spacial score (nSPS) is 10.2. The number of nitrogens with two attached hydrogens (primary N) is 2. The maximum Gasteiger partial charge on any atom is 0.119 e. The molecule has 0 saturated carbocycles. The third kappa shape index (κ3) is 5.24. The Bertz CT molecular complexity index is 262. The van der Waals surface area contributed by atoms with E-state index in [0.717, 1.165) is 30.7 Å². The highest BCUT2D eigenvalue weighted by Gasteiger charge is 1.93. The van der Waals surface area contributed by atoms with Gasteiger partial charge in [0.2, 0.25) is 0 Å². The van der Waals surface area contributed by atoms with E-state index in [1.807, 2.05) is 24.3 Å². The molecule has 1 aromatic rings. The summed E-state index contributed by atoms with van der Waals surface area (Å²) in [4.78, 5) is 4.47. The van der Waals surface area contributed by atoms with Crippen molar-refractivity contribution < 1.29 is 9.57 Å². The Labute approximate surface area is 90.1 Å². The van der Waals surface area contributed by atoms with Crippen molar-refractivity contribution in [2.75, 3.05) is 18.9 Å². The number of ether oxygens (including phenoxy) is 1. The molecular weight excluding hydrogens is 192 g/mol. The first kappa shape index (κ1) is 11.8. The topological polar surface area (TPSA) is 70.5 Å². The standard InChI is InChI=1S/C11H18N2O2/c12-10-4-6-11(7-5-10)14-8-2-1-3-9-15-13/h4-7H,1-3,8-9,12-13H2. The van der Waals surface area contributed by atoms with E-state index in [2.05, 4.69) is 4.84 Å². The Balaban J connectivity index is 2.07. The summed E-state index contributed by atoms with van der Waals surface area (Å²) in [7, 11) is 0. The van der Waals surface area contributed by atoms with Crippen LogP contribution >= 0.6 is 0 Å². The molecule has 0 radical (unpaired) electrons. The van der Waals surface area contributed by atoms with Gasteiger partial charge < -0.3 is 15.3 Å². The van der Waals surface area contributed by atoms with Gasteiger partial charge in [-0.15, -0.1) is 0 Å². The first-order chi connectivity index (χ1) is 7.33. The summed E-state index contributed by atoms with van der Waals surface area (Å²) >= 11 is 0. The number of unbranched alkanes of at least 4 members (excludes halogenated alkanes) is 2. The fourth-order valence-electron chi connectivity index (χ4n) is 1.22. The molecule has 84 valence electrons. The van der Waals surface area contributed by atoms with Gasteiger partial charge in [0.15, 0.2) is 0 Å². The molecule has 0 aliphatic carbocycles. The van der Waals surface area contributed by atoms with Gasteiger partial charge in [-0.25, -0.2) is 5.90 Å². The van der Waals surface area contributed by atoms with Gasteiger partial charge in [0.1, 0.15) is 5.75 Å². The summed E-state index contributed by atoms with van der Waals surface area (Å²) in [6, 6.07) is 7.41. The van der Waals surface area contributed by atoms with Crippen LogP contribution in [0.25, 0.3) is 0 Å². The van der Waals surface area contributed by atoms with Gasteiger partial charge in [-0.3, -0.25) is 0 Å². The summed E-state index contributed by atoms with van der Waals surface area (Å²) in [6.07, 6.45) is 3.04. The molecule has 0 aliphatic rings. The van der Waals surface area contributed by atoms with Gasteiger partial charge in [0.25, 0.3) is 0 Å². The first-order valence-electron chi connectivity index (χ1n) is 5.13. The van der Waals surface area contributed by atoms with E-state index in [1.165, 1.54) is 0 Å². The van der Waals surface area contributed by atoms with Crippen molar-refractivity contribution in [2.24, 2.45) is 5.90 Å². The Hall–Kier alpha value is -1.26. The summed E-state index contributed by atoms with van der Waals surface area (Å²) in [5, 5.41) is 0. The lowest BCUT2D eigenvalue weighted by molar-refractivity contribution is 0.132. The van der Waals surface area contributed by atoms with Crippen molar-refractivity contribution >= 4 is 5.69 Å². The summed E-state index contributed by atoms with van der Waals surface area (Å²) in [5.74, 6) is 5.77. The van der Waals surface area contributed by atoms with Crippen LogP contribution in [0.15, 0.2) is 24.3 Å². The minimum atomic E-state index is 0.613. The highest BCUT2D eigenvalue weighted by Crippen LogP contribution is 2.13. The molecule has 0 fully saturated rings. The van der Waals surface area contributed by atoms with Gasteiger partial charge in [-0.2, -0.15) is 0 Å². The molecule has 4 nitrogen and oxygen atoms in total. The molecule has 1 aromatic carbocycles. The van der Waals surface area contributed by atoms with E-state index in [-0.39, 0.29) is 0 Å². The summed E-state index contributed by atoms with van der Waals surface area (Å²) < 4.78 is 5.51. The number of hydrogen-bond acceptors (Lipinski definition) is 4. The average molecular weight is 210 g/mol. The van der Waals surface area contributed by atoms with Crippen LogP contribution in [0.2, 0.25) is 0 Å². The lowest BCUT2D eigenvalue weighted by Crippen LogP contribution is -2.02. The SMILES string of the molecule is NOCCCCCOc1ccc(N)cc1. The molecule has 1 rings (SSSR count). The molecule has 0 heterocycles. The van der Waals surface area contributed by atoms with E-state index < -0.39 is 0 Å². The molecule has 15 heavy (non-hydrogen) atoms. The predicted octanol–water partition coefficient (Wildman–Crippen LogP) is 1.71. The second-order valence-electron chi connectivity index (χ2n) is 3.35. The van der Waals surface area contributed by atoms with E-state index in [0.29, 0.717) is 13.2 Å². The van der Waals surface area contributed by atoms with Crippen LogP contribution in [0.3, 0.4) is 0 Å². The van der Waals surface area contributed by atoms with E-state index in [9.17, 15) is 0 Å². The number of rotatable bonds is 7. The van der Waals surface area contributed by atoms with Gasteiger partial charge >= 0.3 is 0 Å². The van der Waals surface area contributed by atoms with Crippen LogP contribution in [0, 0.1) is 0 Å². The van der Waals surface area contributed by atoms with E-state index in [4.69, 9.17) is 16.4 Å². The zero-order valence-corrected chi connectivity index (χ0v) is 8.82. The molecule has 0 atom stereocenters. The average Bonchev–Trinajstić information content (AvgIpc) is 2.26. The second-order valence-corrected chi connectivity index (χ2v) is 3.35. The van der Waals surface area contributed by atoms with Crippen LogP contribution in [0.1, 0.15) is 19.3 Å². The van der Waals surface area contributed by atoms with Crippen LogP contribution in [-0.4, -0.2) is 13.2 Å². The summed E-state index contributed by atoms with van der Waals surface area (Å²) in [5.41, 5.74) is 6.31. The maximum atomic E-state index is 5.56. The van der Waals surface area contributed by atoms with Crippen LogP contribution in [0.5, 0.6) is 5.75 Å². The predicted molar refractivity (Wildman–Crippen MR) is 60.3 cm³/mol. The quantitative estimate of drug-likeness (QED) is 0.408. The Morgan fingerprint density at radius 3 is 2.27 bits per heavy atom. The largest absolute Gasteiger partial charge is 0.494 e. The third-order valence-corrected chi connectivity index (χ3v) is 2.06. The number of benzene rings is 1. The maximum absolute atomic E-state index is 5.56. The molecule has 4 heteroatoms. The zero-order valence-electron chi connectivity index (χ0n) is 8.82. The minimum Gasteiger partial charge on any atom is -0.494 e. The molecule has 0 saturated heterocycles. The fourth-order valence-corrected chi connectivity index (χ4v) is 1.22. The smallest absolute Gasteiger partial charge is 0.119 e. The summed E-state index contributed by atoms with van der Waals surface area (Å²) in [6.45, 7) is 1.33. The van der Waals surface area contributed by atoms with Gasteiger partial charge in [-0.1, -0.05) is 0 Å². The lowest BCUT2D eigenvalue weighted by Gasteiger charge is -2.05. The van der Waals surface area contributed by atoms with Crippen molar-refractivity contribution in [3.8, 4) is 5.75 Å². The highest BCUT2D eigenvalue weighted by atomic mass is 16.6. The minimum absolute atomic E-state index is 0.613. The molecule has 0 amide bonds. The Kier molecular flexibility index (Phi) is 5.58. The van der Waals surface area contributed by atoms with Gasteiger partial charge in [-0.05, 0) is 43.5 Å². The molecule has 0 aromatic heterocycles. The molecular formula is C11H18N2O2. The molecule has 4 N–H and O–H groups in total. The Morgan fingerprint density at radius 1 is 0.933 bits per heavy atom. The Morgan fingerprint density at radius 2 is 1.60 bits per heavy atom. The van der Waals surface area contributed by atoms with Crippen molar-refractivity contribution in [2.45, 2.75) is 19.3 Å². The van der Waals surface area contributed by atoms with E-state index >= 15 is 0 Å². The van der Waals surface area contributed by atoms with Crippen molar-refractivity contribution in [1.82, 2.24) is 0 Å². The molecule has 0 spiro atoms. The highest BCUT2D eigenvalue weighted by molar-refractivity contribution is 5.41. The zero-order chi connectivity index (χ0) is 10.9. The second kappa shape index (κ2) is 7.09. The van der Waals surface area contributed by atoms with Crippen LogP contribution in [0.4, 0.5) is 5.69 Å². The molecule has 0 aliphatic heterocycles. The van der Waals surface area contributed by atoms with Crippen LogP contribution in [-0.2, 0) is 4.84 Å². The number of hydrogen-bond donors (Lipinski definition) is 2. The van der Waals surface area contributed by atoms with Crippen LogP contribution < -0.4 is 16.4 Å².